The molecule has 2 heterocycles. The number of aromatic nitrogens is 5. The maximum atomic E-state index is 13.5. The molecule has 3 aromatic rings. The summed E-state index contributed by atoms with van der Waals surface area (Å²) >= 11 is 2.79. The Kier molecular flexibility index (Phi) is 6.93. The predicted molar refractivity (Wildman–Crippen MR) is 103 cm³/mol. The molecule has 166 valence electrons. The average Bonchev–Trinajstić information content (AvgIpc) is 3.33. The van der Waals surface area contributed by atoms with Gasteiger partial charge in [0.05, 0.1) is 24.7 Å². The molecule has 0 saturated heterocycles. The molecule has 1 N–H and O–H groups in total. The van der Waals surface area contributed by atoms with Crippen LogP contribution in [0.4, 0.5) is 17.6 Å². The summed E-state index contributed by atoms with van der Waals surface area (Å²) in [5, 5.41) is 13.7. The van der Waals surface area contributed by atoms with E-state index in [1.807, 2.05) is 0 Å². The van der Waals surface area contributed by atoms with Crippen LogP contribution in [-0.4, -0.2) is 44.9 Å². The Morgan fingerprint density at radius 2 is 1.97 bits per heavy atom. The monoisotopic (exact) mass is 505 g/mol. The second-order valence-electron chi connectivity index (χ2n) is 6.11. The Balaban J connectivity index is 2.06. The van der Waals surface area contributed by atoms with Crippen molar-refractivity contribution < 1.29 is 31.8 Å². The first-order valence-corrected chi connectivity index (χ1v) is 9.65. The number of nitrogens with one attached hydrogen (secondary N) is 1. The van der Waals surface area contributed by atoms with Crippen LogP contribution >= 0.6 is 15.9 Å². The van der Waals surface area contributed by atoms with Crippen LogP contribution in [0.1, 0.15) is 47.2 Å². The minimum absolute atomic E-state index is 0.0620. The largest absolute Gasteiger partial charge is 0.496 e. The standard InChI is InChI=1S/C18H16BrF4N5O3/c1-3-31-18(29)14-12(24-27-25-14)8-4-5-10(30-2)9(6-8)7-28-15(17(22)23)11(19)13(26-28)16(20)21/h4-6,16-17H,3,7H2,1-2H3,(H,24,25,27). The first-order valence-electron chi connectivity index (χ1n) is 8.86. The van der Waals surface area contributed by atoms with Crippen molar-refractivity contribution in [3.05, 3.63) is 45.3 Å². The zero-order valence-corrected chi connectivity index (χ0v) is 17.8. The summed E-state index contributed by atoms with van der Waals surface area (Å²) in [5.74, 6) is -0.392. The second kappa shape index (κ2) is 9.45. The minimum atomic E-state index is -3.05. The third-order valence-electron chi connectivity index (χ3n) is 4.26. The van der Waals surface area contributed by atoms with E-state index in [9.17, 15) is 22.4 Å². The average molecular weight is 506 g/mol. The highest BCUT2D eigenvalue weighted by Crippen LogP contribution is 2.36. The van der Waals surface area contributed by atoms with Crippen molar-refractivity contribution in [2.24, 2.45) is 0 Å². The molecule has 0 aliphatic heterocycles. The van der Waals surface area contributed by atoms with E-state index in [1.165, 1.54) is 19.2 Å². The first-order chi connectivity index (χ1) is 14.8. The molecule has 0 unspecified atom stereocenters. The van der Waals surface area contributed by atoms with Gasteiger partial charge >= 0.3 is 5.97 Å². The molecule has 0 radical (unpaired) electrons. The van der Waals surface area contributed by atoms with Gasteiger partial charge in [-0.3, -0.25) is 4.68 Å². The van der Waals surface area contributed by atoms with Crippen LogP contribution in [-0.2, 0) is 11.3 Å². The van der Waals surface area contributed by atoms with Gasteiger partial charge in [0.15, 0.2) is 5.69 Å². The van der Waals surface area contributed by atoms with Gasteiger partial charge in [0.2, 0.25) is 0 Å². The number of aromatic amines is 1. The lowest BCUT2D eigenvalue weighted by Gasteiger charge is -2.13. The van der Waals surface area contributed by atoms with Crippen molar-refractivity contribution in [3.8, 4) is 17.0 Å². The molecule has 0 aliphatic rings. The third kappa shape index (κ3) is 4.55. The molecule has 0 atom stereocenters. The fraction of sp³-hybridized carbons (Fsp3) is 0.333. The third-order valence-corrected chi connectivity index (χ3v) is 5.07. The van der Waals surface area contributed by atoms with E-state index < -0.39 is 34.7 Å². The Bertz CT molecular complexity index is 1090. The molecular weight excluding hydrogens is 490 g/mol. The molecular formula is C18H16BrF4N5O3. The minimum Gasteiger partial charge on any atom is -0.496 e. The second-order valence-corrected chi connectivity index (χ2v) is 6.90. The van der Waals surface area contributed by atoms with Gasteiger partial charge in [-0.05, 0) is 41.1 Å². The molecule has 0 amide bonds. The summed E-state index contributed by atoms with van der Waals surface area (Å²) in [6, 6.07) is 4.63. The number of carbonyl (C=O) groups excluding carboxylic acids is 1. The van der Waals surface area contributed by atoms with Crippen molar-refractivity contribution in [1.82, 2.24) is 25.2 Å². The van der Waals surface area contributed by atoms with E-state index in [2.05, 4.69) is 36.4 Å². The highest BCUT2D eigenvalue weighted by Gasteiger charge is 2.28. The Hall–Kier alpha value is -2.96. The zero-order chi connectivity index (χ0) is 22.7. The molecule has 0 aliphatic carbocycles. The SMILES string of the molecule is CCOC(=O)c1n[nH]nc1-c1ccc(OC)c(Cn2nc(C(F)F)c(Br)c2C(F)F)c1. The Morgan fingerprint density at radius 1 is 1.23 bits per heavy atom. The van der Waals surface area contributed by atoms with Crippen LogP contribution in [0.3, 0.4) is 0 Å². The van der Waals surface area contributed by atoms with Gasteiger partial charge < -0.3 is 9.47 Å². The van der Waals surface area contributed by atoms with Crippen LogP contribution in [0.25, 0.3) is 11.3 Å². The lowest BCUT2D eigenvalue weighted by molar-refractivity contribution is 0.0520. The van der Waals surface area contributed by atoms with Gasteiger partial charge in [-0.1, -0.05) is 0 Å². The van der Waals surface area contributed by atoms with Crippen LogP contribution in [0.2, 0.25) is 0 Å². The number of H-pyrrole nitrogens is 1. The smallest absolute Gasteiger partial charge is 0.361 e. The summed E-state index contributed by atoms with van der Waals surface area (Å²) in [6.07, 6.45) is -6.09. The van der Waals surface area contributed by atoms with Crippen LogP contribution in [0.5, 0.6) is 5.75 Å². The predicted octanol–water partition coefficient (Wildman–Crippen LogP) is 4.54. The van der Waals surface area contributed by atoms with Gasteiger partial charge in [-0.15, -0.1) is 5.10 Å². The van der Waals surface area contributed by atoms with E-state index in [-0.39, 0.29) is 24.5 Å². The van der Waals surface area contributed by atoms with E-state index in [0.29, 0.717) is 16.9 Å². The van der Waals surface area contributed by atoms with Crippen LogP contribution < -0.4 is 4.74 Å². The van der Waals surface area contributed by atoms with Crippen LogP contribution in [0.15, 0.2) is 22.7 Å². The molecule has 1 aromatic carbocycles. The van der Waals surface area contributed by atoms with E-state index >= 15 is 0 Å². The quantitative estimate of drug-likeness (QED) is 0.356. The Labute approximate surface area is 181 Å². The summed E-state index contributed by atoms with van der Waals surface area (Å²) in [4.78, 5) is 12.1. The summed E-state index contributed by atoms with van der Waals surface area (Å²) < 4.78 is 63.9. The van der Waals surface area contributed by atoms with Crippen molar-refractivity contribution in [1.29, 1.82) is 0 Å². The lowest BCUT2D eigenvalue weighted by atomic mass is 10.1. The highest BCUT2D eigenvalue weighted by atomic mass is 79.9. The summed E-state index contributed by atoms with van der Waals surface area (Å²) in [5.41, 5.74) is -0.607. The molecule has 8 nitrogen and oxygen atoms in total. The lowest BCUT2D eigenvalue weighted by Crippen LogP contribution is -2.09. The fourth-order valence-electron chi connectivity index (χ4n) is 2.93. The van der Waals surface area contributed by atoms with E-state index in [0.717, 1.165) is 4.68 Å². The number of carbonyl (C=O) groups is 1. The van der Waals surface area contributed by atoms with Gasteiger partial charge in [-0.2, -0.15) is 15.4 Å². The molecule has 31 heavy (non-hydrogen) atoms. The van der Waals surface area contributed by atoms with Crippen molar-refractivity contribution in [2.75, 3.05) is 13.7 Å². The molecule has 0 saturated carbocycles. The van der Waals surface area contributed by atoms with Crippen LogP contribution in [0, 0.1) is 0 Å². The van der Waals surface area contributed by atoms with Gasteiger partial charge in [0.25, 0.3) is 12.9 Å². The number of alkyl halides is 4. The molecule has 2 aromatic heterocycles. The number of hydrogen-bond donors (Lipinski definition) is 1. The van der Waals surface area contributed by atoms with Gasteiger partial charge in [0, 0.05) is 11.1 Å². The number of ether oxygens (including phenoxy) is 2. The maximum absolute atomic E-state index is 13.5. The zero-order valence-electron chi connectivity index (χ0n) is 16.2. The summed E-state index contributed by atoms with van der Waals surface area (Å²) in [6.45, 7) is 1.48. The number of esters is 1. The van der Waals surface area contributed by atoms with Crippen molar-refractivity contribution >= 4 is 21.9 Å². The number of hydrogen-bond acceptors (Lipinski definition) is 6. The van der Waals surface area contributed by atoms with Gasteiger partial charge in [0.1, 0.15) is 22.8 Å². The fourth-order valence-corrected chi connectivity index (χ4v) is 3.56. The van der Waals surface area contributed by atoms with Crippen molar-refractivity contribution in [2.45, 2.75) is 26.3 Å². The number of methoxy groups -OCH3 is 1. The Morgan fingerprint density at radius 3 is 2.58 bits per heavy atom. The molecule has 0 fully saturated rings. The number of rotatable bonds is 8. The van der Waals surface area contributed by atoms with Gasteiger partial charge in [-0.25, -0.2) is 22.4 Å². The normalized spacial score (nSPS) is 11.4. The van der Waals surface area contributed by atoms with Crippen molar-refractivity contribution in [3.63, 3.8) is 0 Å². The highest BCUT2D eigenvalue weighted by molar-refractivity contribution is 9.10. The molecule has 3 rings (SSSR count). The summed E-state index contributed by atoms with van der Waals surface area (Å²) in [7, 11) is 1.37. The number of nitrogens with zero attached hydrogens (tertiary/aromatic N) is 4. The van der Waals surface area contributed by atoms with E-state index in [4.69, 9.17) is 9.47 Å². The van der Waals surface area contributed by atoms with E-state index in [1.54, 1.807) is 13.0 Å². The number of benzene rings is 1. The molecule has 13 heteroatoms. The number of halogens is 5. The molecule has 0 bridgehead atoms. The topological polar surface area (TPSA) is 94.9 Å². The molecule has 0 spiro atoms. The maximum Gasteiger partial charge on any atom is 0.361 e. The first kappa shape index (κ1) is 22.7.